The van der Waals surface area contributed by atoms with Crippen LogP contribution in [-0.4, -0.2) is 47.9 Å². The molecule has 0 aromatic heterocycles. The lowest BCUT2D eigenvalue weighted by Gasteiger charge is -2.41. The molecular formula is C13H21F3N2S. The van der Waals surface area contributed by atoms with Crippen LogP contribution >= 0.6 is 11.8 Å². The highest BCUT2D eigenvalue weighted by Gasteiger charge is 2.42. The van der Waals surface area contributed by atoms with Crippen LogP contribution < -0.4 is 5.32 Å². The quantitative estimate of drug-likeness (QED) is 0.839. The van der Waals surface area contributed by atoms with Crippen molar-refractivity contribution in [1.29, 1.82) is 0 Å². The molecule has 6 heteroatoms. The van der Waals surface area contributed by atoms with E-state index in [1.807, 2.05) is 0 Å². The van der Waals surface area contributed by atoms with Gasteiger partial charge in [0, 0.05) is 37.5 Å². The van der Waals surface area contributed by atoms with Crippen molar-refractivity contribution in [1.82, 2.24) is 10.2 Å². The summed E-state index contributed by atoms with van der Waals surface area (Å²) in [7, 11) is 0. The molecule has 3 rings (SSSR count). The van der Waals surface area contributed by atoms with Crippen LogP contribution in [0.1, 0.15) is 25.7 Å². The van der Waals surface area contributed by atoms with Gasteiger partial charge in [0.05, 0.1) is 0 Å². The highest BCUT2D eigenvalue weighted by atomic mass is 32.2. The van der Waals surface area contributed by atoms with Gasteiger partial charge in [0.15, 0.2) is 0 Å². The normalized spacial score (nSPS) is 33.6. The molecule has 0 spiro atoms. The lowest BCUT2D eigenvalue weighted by Crippen LogP contribution is -2.58. The average Bonchev–Trinajstić information content (AvgIpc) is 3.19. The standard InChI is InChI=1S/C13H21F3N2S/c14-13(15,16)19-6-5-18-8-11(9-1-2-9)17-7-12(18)10-3-4-10/h9-12,17H,1-8H2. The molecule has 2 nitrogen and oxygen atoms in total. The molecule has 0 aromatic rings. The molecule has 2 unspecified atom stereocenters. The molecule has 0 aromatic carbocycles. The number of hydrogen-bond acceptors (Lipinski definition) is 3. The summed E-state index contributed by atoms with van der Waals surface area (Å²) in [4.78, 5) is 2.33. The van der Waals surface area contributed by atoms with E-state index in [9.17, 15) is 13.2 Å². The van der Waals surface area contributed by atoms with Gasteiger partial charge in [-0.25, -0.2) is 0 Å². The van der Waals surface area contributed by atoms with Crippen molar-refractivity contribution in [2.24, 2.45) is 11.8 Å². The van der Waals surface area contributed by atoms with Crippen molar-refractivity contribution < 1.29 is 13.2 Å². The predicted octanol–water partition coefficient (Wildman–Crippen LogP) is 2.70. The van der Waals surface area contributed by atoms with E-state index in [1.54, 1.807) is 0 Å². The second-order valence-corrected chi connectivity index (χ2v) is 7.21. The number of halogens is 3. The van der Waals surface area contributed by atoms with Crippen molar-refractivity contribution in [2.45, 2.75) is 43.3 Å². The summed E-state index contributed by atoms with van der Waals surface area (Å²) in [5, 5.41) is 3.62. The maximum absolute atomic E-state index is 12.2. The SMILES string of the molecule is FC(F)(F)SCCN1CC(C2CC2)NCC1C1CC1. The van der Waals surface area contributed by atoms with Gasteiger partial charge >= 0.3 is 5.51 Å². The number of nitrogens with one attached hydrogen (secondary N) is 1. The van der Waals surface area contributed by atoms with Crippen LogP contribution in [0.25, 0.3) is 0 Å². The molecule has 1 saturated heterocycles. The minimum Gasteiger partial charge on any atom is -0.311 e. The second kappa shape index (κ2) is 5.45. The highest BCUT2D eigenvalue weighted by Crippen LogP contribution is 2.40. The zero-order chi connectivity index (χ0) is 13.5. The summed E-state index contributed by atoms with van der Waals surface area (Å²) in [5.41, 5.74) is -4.08. The van der Waals surface area contributed by atoms with Crippen LogP contribution in [-0.2, 0) is 0 Å². The first kappa shape index (κ1) is 14.0. The zero-order valence-electron chi connectivity index (χ0n) is 11.0. The van der Waals surface area contributed by atoms with Crippen LogP contribution in [0.3, 0.4) is 0 Å². The first-order valence-electron chi connectivity index (χ1n) is 7.21. The largest absolute Gasteiger partial charge is 0.441 e. The first-order chi connectivity index (χ1) is 9.03. The zero-order valence-corrected chi connectivity index (χ0v) is 11.8. The van der Waals surface area contributed by atoms with E-state index >= 15 is 0 Å². The number of rotatable bonds is 5. The Morgan fingerprint density at radius 3 is 2.37 bits per heavy atom. The van der Waals surface area contributed by atoms with E-state index in [4.69, 9.17) is 0 Å². The molecule has 2 saturated carbocycles. The van der Waals surface area contributed by atoms with Gasteiger partial charge in [-0.05, 0) is 49.3 Å². The fourth-order valence-electron chi connectivity index (χ4n) is 3.15. The third kappa shape index (κ3) is 4.02. The summed E-state index contributed by atoms with van der Waals surface area (Å²) in [6.07, 6.45) is 5.08. The molecule has 110 valence electrons. The van der Waals surface area contributed by atoms with E-state index in [0.717, 1.165) is 24.9 Å². The van der Waals surface area contributed by atoms with Gasteiger partial charge in [-0.3, -0.25) is 4.90 Å². The van der Waals surface area contributed by atoms with E-state index < -0.39 is 5.51 Å². The van der Waals surface area contributed by atoms with E-state index in [2.05, 4.69) is 10.2 Å². The Morgan fingerprint density at radius 1 is 1.11 bits per heavy atom. The van der Waals surface area contributed by atoms with Gasteiger partial charge in [-0.2, -0.15) is 13.2 Å². The van der Waals surface area contributed by atoms with Crippen LogP contribution in [0, 0.1) is 11.8 Å². The smallest absolute Gasteiger partial charge is 0.311 e. The minimum absolute atomic E-state index is 0.125. The Hall–Kier alpha value is 0.0600. The summed E-state index contributed by atoms with van der Waals surface area (Å²) >= 11 is 0.125. The van der Waals surface area contributed by atoms with Crippen LogP contribution in [0.2, 0.25) is 0 Å². The number of piperazine rings is 1. The van der Waals surface area contributed by atoms with E-state index in [0.29, 0.717) is 18.6 Å². The molecular weight excluding hydrogens is 273 g/mol. The molecule has 0 bridgehead atoms. The Morgan fingerprint density at radius 2 is 1.79 bits per heavy atom. The summed E-state index contributed by atoms with van der Waals surface area (Å²) < 4.78 is 36.7. The molecule has 1 heterocycles. The van der Waals surface area contributed by atoms with E-state index in [-0.39, 0.29) is 17.5 Å². The highest BCUT2D eigenvalue weighted by molar-refractivity contribution is 8.00. The molecule has 1 aliphatic heterocycles. The monoisotopic (exact) mass is 294 g/mol. The van der Waals surface area contributed by atoms with Gasteiger partial charge in [0.2, 0.25) is 0 Å². The van der Waals surface area contributed by atoms with Gasteiger partial charge in [-0.15, -0.1) is 0 Å². The third-order valence-corrected chi connectivity index (χ3v) is 5.20. The third-order valence-electron chi connectivity index (χ3n) is 4.49. The van der Waals surface area contributed by atoms with Crippen molar-refractivity contribution in [2.75, 3.05) is 25.4 Å². The number of nitrogens with zero attached hydrogens (tertiary/aromatic N) is 1. The van der Waals surface area contributed by atoms with Crippen molar-refractivity contribution in [3.05, 3.63) is 0 Å². The Bertz CT molecular complexity index is 316. The van der Waals surface area contributed by atoms with E-state index in [1.165, 1.54) is 25.7 Å². The number of hydrogen-bond donors (Lipinski definition) is 1. The predicted molar refractivity (Wildman–Crippen MR) is 71.1 cm³/mol. The molecule has 0 amide bonds. The van der Waals surface area contributed by atoms with Crippen molar-refractivity contribution in [3.63, 3.8) is 0 Å². The molecule has 3 fully saturated rings. The second-order valence-electron chi connectivity index (χ2n) is 6.05. The maximum atomic E-state index is 12.2. The lowest BCUT2D eigenvalue weighted by molar-refractivity contribution is -0.0329. The fourth-order valence-corrected chi connectivity index (χ4v) is 3.71. The Balaban J connectivity index is 1.51. The summed E-state index contributed by atoms with van der Waals surface area (Å²) in [5.74, 6) is 1.67. The fraction of sp³-hybridized carbons (Fsp3) is 1.00. The lowest BCUT2D eigenvalue weighted by atomic mass is 10.0. The first-order valence-corrected chi connectivity index (χ1v) is 8.19. The topological polar surface area (TPSA) is 15.3 Å². The molecule has 0 radical (unpaired) electrons. The summed E-state index contributed by atoms with van der Waals surface area (Å²) in [6.45, 7) is 2.50. The number of alkyl halides is 3. The molecule has 2 atom stereocenters. The van der Waals surface area contributed by atoms with Gasteiger partial charge in [-0.1, -0.05) is 0 Å². The molecule has 1 N–H and O–H groups in total. The molecule has 2 aliphatic carbocycles. The van der Waals surface area contributed by atoms with Crippen LogP contribution in [0.15, 0.2) is 0 Å². The van der Waals surface area contributed by atoms with Gasteiger partial charge in [0.1, 0.15) is 0 Å². The van der Waals surface area contributed by atoms with Crippen molar-refractivity contribution in [3.8, 4) is 0 Å². The Kier molecular flexibility index (Phi) is 4.02. The molecule has 19 heavy (non-hydrogen) atoms. The average molecular weight is 294 g/mol. The molecule has 3 aliphatic rings. The van der Waals surface area contributed by atoms with Crippen LogP contribution in [0.4, 0.5) is 13.2 Å². The summed E-state index contributed by atoms with van der Waals surface area (Å²) in [6, 6.07) is 0.995. The van der Waals surface area contributed by atoms with Gasteiger partial charge in [0.25, 0.3) is 0 Å². The Labute approximate surface area is 116 Å². The van der Waals surface area contributed by atoms with Crippen molar-refractivity contribution >= 4 is 11.8 Å². The van der Waals surface area contributed by atoms with Crippen LogP contribution in [0.5, 0.6) is 0 Å². The van der Waals surface area contributed by atoms with Gasteiger partial charge < -0.3 is 5.32 Å². The minimum atomic E-state index is -4.08. The number of thioether (sulfide) groups is 1. The maximum Gasteiger partial charge on any atom is 0.441 e.